The molecule has 6 aromatic rings. The lowest BCUT2D eigenvalue weighted by Gasteiger charge is -2.28. The first kappa shape index (κ1) is 44.7. The van der Waals surface area contributed by atoms with Crippen LogP contribution < -0.4 is 31.2 Å². The van der Waals surface area contributed by atoms with Crippen molar-refractivity contribution in [3.05, 3.63) is 151 Å². The number of halogens is 5. The largest absolute Gasteiger partial charge is 0.492 e. The molecule has 0 aliphatic carbocycles. The normalized spacial score (nSPS) is 14.6. The van der Waals surface area contributed by atoms with Crippen LogP contribution in [-0.4, -0.2) is 52.0 Å². The van der Waals surface area contributed by atoms with Gasteiger partial charge in [0, 0.05) is 53.5 Å². The first-order valence-corrected chi connectivity index (χ1v) is 19.3. The van der Waals surface area contributed by atoms with Gasteiger partial charge in [0.15, 0.2) is 23.3 Å². The molecule has 0 bridgehead atoms. The second-order valence-electron chi connectivity index (χ2n) is 12.6. The molecule has 312 valence electrons. The monoisotopic (exact) mass is 884 g/mol. The van der Waals surface area contributed by atoms with Crippen LogP contribution in [-0.2, 0) is 0 Å². The molecular weight excluding hydrogens is 852 g/mol. The molecule has 0 fully saturated rings. The summed E-state index contributed by atoms with van der Waals surface area (Å²) in [6, 6.07) is 15.9. The number of carbonyl (C=O) groups excluding carboxylic acids is 3. The number of nitrogens with zero attached hydrogens (tertiary/aromatic N) is 2. The van der Waals surface area contributed by atoms with Crippen LogP contribution in [0.2, 0.25) is 0 Å². The Balaban J connectivity index is 0.000000194. The number of fused-ring (bicyclic) bond motifs is 2. The van der Waals surface area contributed by atoms with Crippen LogP contribution in [0.4, 0.5) is 28.9 Å². The highest BCUT2D eigenvalue weighted by Gasteiger charge is 2.28. The van der Waals surface area contributed by atoms with Gasteiger partial charge in [-0.3, -0.25) is 24.4 Å². The quantitative estimate of drug-likeness (QED) is 0.0976. The van der Waals surface area contributed by atoms with Crippen molar-refractivity contribution in [3.8, 4) is 11.5 Å². The summed E-state index contributed by atoms with van der Waals surface area (Å²) in [5.41, 5.74) is 11.4. The Morgan fingerprint density at radius 2 is 1.17 bits per heavy atom. The number of anilines is 2. The molecule has 6 N–H and O–H groups in total. The maximum atomic E-state index is 13.4. The number of aromatic carboxylic acids is 1. The number of hydrogen-bond acceptors (Lipinski definition) is 11. The molecule has 60 heavy (non-hydrogen) atoms. The fraction of sp³-hybridized carbons (Fsp3) is 0.150. The van der Waals surface area contributed by atoms with Crippen molar-refractivity contribution in [2.45, 2.75) is 24.9 Å². The third-order valence-electron chi connectivity index (χ3n) is 8.64. The predicted molar refractivity (Wildman–Crippen MR) is 217 cm³/mol. The number of carboxylic acid groups (broad SMARTS) is 1. The van der Waals surface area contributed by atoms with E-state index in [1.165, 1.54) is 41.4 Å². The summed E-state index contributed by atoms with van der Waals surface area (Å²) < 4.78 is 63.8. The summed E-state index contributed by atoms with van der Waals surface area (Å²) in [5.74, 6) is -5.39. The van der Waals surface area contributed by atoms with Crippen LogP contribution in [0.3, 0.4) is 0 Å². The number of hydrogen-bond donors (Lipinski definition) is 5. The van der Waals surface area contributed by atoms with Gasteiger partial charge in [-0.1, -0.05) is 24.3 Å². The Labute approximate surface area is 353 Å². The smallest absolute Gasteiger partial charge is 0.347 e. The van der Waals surface area contributed by atoms with Crippen molar-refractivity contribution in [2.75, 3.05) is 23.8 Å². The van der Waals surface area contributed by atoms with Crippen LogP contribution in [0.5, 0.6) is 11.5 Å². The number of carboxylic acids is 1. The first-order chi connectivity index (χ1) is 28.4. The number of aromatic nitrogens is 2. The van der Waals surface area contributed by atoms with Crippen molar-refractivity contribution >= 4 is 70.1 Å². The Morgan fingerprint density at radius 3 is 1.65 bits per heavy atom. The van der Waals surface area contributed by atoms with Crippen molar-refractivity contribution in [1.29, 1.82) is 0 Å². The third kappa shape index (κ3) is 11.0. The average molecular weight is 885 g/mol. The Kier molecular flexibility index (Phi) is 15.3. The molecule has 4 aromatic carbocycles. The lowest BCUT2D eigenvalue weighted by molar-refractivity contribution is 0.0701. The van der Waals surface area contributed by atoms with Gasteiger partial charge in [0.25, 0.3) is 17.7 Å². The van der Waals surface area contributed by atoms with Gasteiger partial charge in [0.2, 0.25) is 0 Å². The van der Waals surface area contributed by atoms with Gasteiger partial charge in [-0.15, -0.1) is 35.1 Å². The minimum atomic E-state index is -1.06. The highest BCUT2D eigenvalue weighted by Crippen LogP contribution is 2.36. The molecule has 2 atom stereocenters. The lowest BCUT2D eigenvalue weighted by Crippen LogP contribution is -2.32. The minimum absolute atomic E-state index is 0. The van der Waals surface area contributed by atoms with Crippen LogP contribution >= 0.6 is 35.1 Å². The van der Waals surface area contributed by atoms with Gasteiger partial charge in [-0.05, 0) is 36.4 Å². The SMILES string of the molecule is Cl.NC1CCOc2c(C(=O)Nc3ccc(F)c(F)c3)cccc21.O=C(NC1CCOc2c(C(=O)Nc3ccc(F)c(F)c3)cccc21)c1cncs1.O=C(O)c1cncs1. The summed E-state index contributed by atoms with van der Waals surface area (Å²) in [6.07, 6.45) is 4.05. The van der Waals surface area contributed by atoms with Gasteiger partial charge in [0.05, 0.1) is 53.8 Å². The molecule has 8 rings (SSSR count). The van der Waals surface area contributed by atoms with Crippen LogP contribution in [0.25, 0.3) is 0 Å². The Hall–Kier alpha value is -6.41. The van der Waals surface area contributed by atoms with Gasteiger partial charge in [0.1, 0.15) is 21.3 Å². The average Bonchev–Trinajstić information content (AvgIpc) is 3.98. The van der Waals surface area contributed by atoms with Crippen molar-refractivity contribution < 1.29 is 51.3 Å². The number of nitrogens with one attached hydrogen (secondary N) is 3. The highest BCUT2D eigenvalue weighted by molar-refractivity contribution is 7.11. The Morgan fingerprint density at radius 1 is 0.667 bits per heavy atom. The number of benzene rings is 4. The summed E-state index contributed by atoms with van der Waals surface area (Å²) >= 11 is 2.36. The third-order valence-corrected chi connectivity index (χ3v) is 10.2. The maximum absolute atomic E-state index is 13.4. The van der Waals surface area contributed by atoms with Crippen molar-refractivity contribution in [1.82, 2.24) is 15.3 Å². The number of thiazole rings is 2. The molecule has 2 aliphatic heterocycles. The molecule has 0 radical (unpaired) electrons. The number of carbonyl (C=O) groups is 4. The summed E-state index contributed by atoms with van der Waals surface area (Å²) in [4.78, 5) is 55.7. The molecule has 2 aromatic heterocycles. The van der Waals surface area contributed by atoms with E-state index in [1.807, 2.05) is 6.07 Å². The van der Waals surface area contributed by atoms with E-state index < -0.39 is 41.1 Å². The topological polar surface area (TPSA) is 195 Å². The van der Waals surface area contributed by atoms with E-state index in [0.29, 0.717) is 53.6 Å². The molecule has 3 amide bonds. The van der Waals surface area contributed by atoms with Gasteiger partial charge in [-0.2, -0.15) is 0 Å². The summed E-state index contributed by atoms with van der Waals surface area (Å²) in [6.45, 7) is 0.750. The number of amides is 3. The summed E-state index contributed by atoms with van der Waals surface area (Å²) in [7, 11) is 0. The molecule has 0 saturated heterocycles. The second-order valence-corrected chi connectivity index (χ2v) is 14.3. The standard InChI is InChI=1S/C20H15F2N3O3S.C16H14F2N2O2.C4H3NO2S.ClH/c21-14-5-4-11(8-15(14)22)24-19(26)13-3-1-2-12-16(6-7-28-18(12)13)25-20(27)17-9-23-10-29-17;17-12-5-4-9(8-13(12)18)20-16(21)11-3-1-2-10-14(19)6-7-22-15(10)11;6-4(7)3-1-5-2-8-3;/h1-5,8-10,16H,6-7H2,(H,24,26)(H,25,27);1-5,8,14H,6-7,19H2,(H,20,21);1-2H,(H,6,7);1H. The van der Waals surface area contributed by atoms with E-state index in [4.69, 9.17) is 20.3 Å². The van der Waals surface area contributed by atoms with Crippen LogP contribution in [0.1, 0.15) is 76.1 Å². The van der Waals surface area contributed by atoms with Gasteiger partial charge < -0.3 is 36.3 Å². The van der Waals surface area contributed by atoms with E-state index >= 15 is 0 Å². The zero-order valence-corrected chi connectivity index (χ0v) is 33.3. The van der Waals surface area contributed by atoms with E-state index in [9.17, 15) is 36.7 Å². The predicted octanol–water partition coefficient (Wildman–Crippen LogP) is 8.19. The van der Waals surface area contributed by atoms with Crippen LogP contribution in [0.15, 0.2) is 96.2 Å². The van der Waals surface area contributed by atoms with Gasteiger partial charge in [-0.25, -0.2) is 22.4 Å². The van der Waals surface area contributed by atoms with E-state index in [2.05, 4.69) is 25.9 Å². The first-order valence-electron chi connectivity index (χ1n) is 17.5. The number of nitrogens with two attached hydrogens (primary N) is 1. The molecule has 0 saturated carbocycles. The number of ether oxygens (including phenoxy) is 2. The molecule has 2 unspecified atom stereocenters. The number of para-hydroxylation sites is 2. The van der Waals surface area contributed by atoms with E-state index in [-0.39, 0.29) is 52.2 Å². The zero-order chi connectivity index (χ0) is 42.1. The summed E-state index contributed by atoms with van der Waals surface area (Å²) in [5, 5.41) is 16.2. The fourth-order valence-electron chi connectivity index (χ4n) is 5.81. The molecule has 13 nitrogen and oxygen atoms in total. The number of rotatable bonds is 7. The molecular formula is C40H33ClF4N6O7S2. The van der Waals surface area contributed by atoms with E-state index in [0.717, 1.165) is 41.2 Å². The fourth-order valence-corrected chi connectivity index (χ4v) is 6.79. The highest BCUT2D eigenvalue weighted by atomic mass is 35.5. The lowest BCUT2D eigenvalue weighted by atomic mass is 9.97. The molecule has 0 spiro atoms. The molecule has 20 heteroatoms. The minimum Gasteiger partial charge on any atom is -0.492 e. The molecule has 2 aliphatic rings. The van der Waals surface area contributed by atoms with Crippen molar-refractivity contribution in [2.24, 2.45) is 5.73 Å². The Bertz CT molecular complexity index is 2480. The van der Waals surface area contributed by atoms with Gasteiger partial charge >= 0.3 is 5.97 Å². The molecule has 4 heterocycles. The van der Waals surface area contributed by atoms with Crippen molar-refractivity contribution in [3.63, 3.8) is 0 Å². The maximum Gasteiger partial charge on any atom is 0.347 e. The van der Waals surface area contributed by atoms with E-state index in [1.54, 1.807) is 35.8 Å². The second kappa shape index (κ2) is 20.5. The zero-order valence-electron chi connectivity index (χ0n) is 30.8. The van der Waals surface area contributed by atoms with Crippen LogP contribution in [0, 0.1) is 23.3 Å².